The van der Waals surface area contributed by atoms with Crippen molar-refractivity contribution >= 4 is 16.8 Å². The van der Waals surface area contributed by atoms with E-state index in [0.29, 0.717) is 19.6 Å². The molecule has 1 atom stereocenters. The number of hydrogen-bond donors (Lipinski definition) is 0. The van der Waals surface area contributed by atoms with Gasteiger partial charge >= 0.3 is 0 Å². The molecular weight excluding hydrogens is 384 g/mol. The molecule has 1 saturated heterocycles. The van der Waals surface area contributed by atoms with Crippen molar-refractivity contribution in [3.8, 4) is 0 Å². The van der Waals surface area contributed by atoms with Gasteiger partial charge in [0, 0.05) is 38.2 Å². The molecule has 162 valence electrons. The lowest BCUT2D eigenvalue weighted by Gasteiger charge is -2.45. The van der Waals surface area contributed by atoms with Gasteiger partial charge in [-0.2, -0.15) is 0 Å². The first-order valence-corrected chi connectivity index (χ1v) is 11.1. The second-order valence-electron chi connectivity index (χ2n) is 9.65. The number of pyridine rings is 1. The minimum Gasteiger partial charge on any atom is -0.376 e. The number of hydrogen-bond acceptors (Lipinski definition) is 3. The molecule has 31 heavy (non-hydrogen) atoms. The van der Waals surface area contributed by atoms with E-state index in [1.165, 1.54) is 5.56 Å². The summed E-state index contributed by atoms with van der Waals surface area (Å²) in [6.45, 7) is 5.59. The van der Waals surface area contributed by atoms with Crippen LogP contribution in [0.5, 0.6) is 0 Å². The van der Waals surface area contributed by atoms with E-state index in [0.717, 1.165) is 35.7 Å². The minimum atomic E-state index is -0.211. The molecule has 3 aromatic rings. The van der Waals surface area contributed by atoms with Crippen LogP contribution in [0.4, 0.5) is 0 Å². The Hall–Kier alpha value is -2.72. The van der Waals surface area contributed by atoms with Crippen molar-refractivity contribution < 1.29 is 9.53 Å². The van der Waals surface area contributed by atoms with Crippen LogP contribution in [0.15, 0.2) is 66.9 Å². The Morgan fingerprint density at radius 2 is 1.87 bits per heavy atom. The molecule has 0 saturated carbocycles. The predicted molar refractivity (Wildman–Crippen MR) is 125 cm³/mol. The third-order valence-electron chi connectivity index (χ3n) is 6.39. The highest BCUT2D eigenvalue weighted by Crippen LogP contribution is 2.44. The third-order valence-corrected chi connectivity index (χ3v) is 6.39. The van der Waals surface area contributed by atoms with Crippen LogP contribution in [-0.2, 0) is 22.5 Å². The molecule has 1 aromatic heterocycles. The zero-order valence-corrected chi connectivity index (χ0v) is 18.8. The normalized spacial score (nSPS) is 20.5. The lowest BCUT2D eigenvalue weighted by atomic mass is 9.68. The second-order valence-corrected chi connectivity index (χ2v) is 9.65. The Kier molecular flexibility index (Phi) is 6.10. The molecule has 4 nitrogen and oxygen atoms in total. The highest BCUT2D eigenvalue weighted by Gasteiger charge is 2.42. The maximum Gasteiger partial charge on any atom is 0.223 e. The summed E-state index contributed by atoms with van der Waals surface area (Å²) < 4.78 is 6.01. The fraction of sp³-hybridized carbons (Fsp3) is 0.407. The number of aromatic nitrogens is 1. The van der Waals surface area contributed by atoms with Crippen LogP contribution >= 0.6 is 0 Å². The van der Waals surface area contributed by atoms with Crippen molar-refractivity contribution in [2.45, 2.75) is 51.7 Å². The van der Waals surface area contributed by atoms with Crippen molar-refractivity contribution in [2.75, 3.05) is 13.7 Å². The summed E-state index contributed by atoms with van der Waals surface area (Å²) in [5, 5.41) is 1.10. The Bertz CT molecular complexity index is 1050. The molecule has 0 aliphatic carbocycles. The fourth-order valence-corrected chi connectivity index (χ4v) is 5.02. The number of ether oxygens (including phenoxy) is 1. The maximum absolute atomic E-state index is 13.4. The van der Waals surface area contributed by atoms with E-state index in [-0.39, 0.29) is 16.9 Å². The molecule has 0 spiro atoms. The molecule has 1 aliphatic heterocycles. The van der Waals surface area contributed by atoms with Crippen molar-refractivity contribution in [1.29, 1.82) is 0 Å². The summed E-state index contributed by atoms with van der Waals surface area (Å²) in [4.78, 5) is 19.6. The second kappa shape index (κ2) is 8.80. The van der Waals surface area contributed by atoms with Crippen LogP contribution in [0.3, 0.4) is 0 Å². The number of nitrogens with zero attached hydrogens (tertiary/aromatic N) is 2. The number of carbonyl (C=O) groups is 1. The molecule has 1 amide bonds. The topological polar surface area (TPSA) is 42.4 Å². The summed E-state index contributed by atoms with van der Waals surface area (Å²) >= 11 is 0. The Labute approximate surface area is 185 Å². The lowest BCUT2D eigenvalue weighted by molar-refractivity contribution is -0.141. The number of rotatable bonds is 6. The van der Waals surface area contributed by atoms with Crippen LogP contribution in [0, 0.1) is 5.41 Å². The van der Waals surface area contributed by atoms with Gasteiger partial charge in [0.05, 0.1) is 11.1 Å². The summed E-state index contributed by atoms with van der Waals surface area (Å²) in [7, 11) is 1.91. The zero-order valence-electron chi connectivity index (χ0n) is 18.8. The van der Waals surface area contributed by atoms with Gasteiger partial charge in [0.2, 0.25) is 5.91 Å². The maximum atomic E-state index is 13.4. The monoisotopic (exact) mass is 416 g/mol. The molecule has 1 unspecified atom stereocenters. The van der Waals surface area contributed by atoms with Crippen LogP contribution in [0.2, 0.25) is 0 Å². The number of fused-ring (bicyclic) bond motifs is 1. The van der Waals surface area contributed by atoms with Gasteiger partial charge in [-0.05, 0) is 67.9 Å². The lowest BCUT2D eigenvalue weighted by Crippen LogP contribution is -2.45. The van der Waals surface area contributed by atoms with E-state index in [9.17, 15) is 4.79 Å². The average molecular weight is 417 g/mol. The molecule has 4 heteroatoms. The first kappa shape index (κ1) is 21.5. The van der Waals surface area contributed by atoms with E-state index in [4.69, 9.17) is 4.74 Å². The predicted octanol–water partition coefficient (Wildman–Crippen LogP) is 5.40. The van der Waals surface area contributed by atoms with Gasteiger partial charge < -0.3 is 9.64 Å². The van der Waals surface area contributed by atoms with E-state index in [1.54, 1.807) is 6.20 Å². The molecule has 1 aliphatic rings. The van der Waals surface area contributed by atoms with Crippen molar-refractivity contribution in [1.82, 2.24) is 9.88 Å². The first-order chi connectivity index (χ1) is 14.8. The van der Waals surface area contributed by atoms with Gasteiger partial charge in [-0.3, -0.25) is 9.78 Å². The molecule has 1 fully saturated rings. The van der Waals surface area contributed by atoms with Gasteiger partial charge in [-0.15, -0.1) is 0 Å². The molecule has 0 N–H and O–H groups in total. The number of amides is 1. The van der Waals surface area contributed by atoms with Gasteiger partial charge in [-0.1, -0.05) is 42.5 Å². The summed E-state index contributed by atoms with van der Waals surface area (Å²) in [6, 6.07) is 20.8. The Morgan fingerprint density at radius 1 is 1.06 bits per heavy atom. The molecule has 0 radical (unpaired) electrons. The van der Waals surface area contributed by atoms with Crippen LogP contribution in [-0.4, -0.2) is 35.0 Å². The van der Waals surface area contributed by atoms with Crippen LogP contribution in [0.25, 0.3) is 10.9 Å². The quantitative estimate of drug-likeness (QED) is 0.540. The summed E-state index contributed by atoms with van der Waals surface area (Å²) in [6.07, 6.45) is 5.05. The van der Waals surface area contributed by atoms with Crippen molar-refractivity contribution in [2.24, 2.45) is 5.41 Å². The third kappa shape index (κ3) is 5.31. The minimum absolute atomic E-state index is 0.0816. The number of carbonyl (C=O) groups excluding carboxylic acids is 1. The van der Waals surface area contributed by atoms with E-state index in [1.807, 2.05) is 30.1 Å². The van der Waals surface area contributed by atoms with E-state index >= 15 is 0 Å². The van der Waals surface area contributed by atoms with Crippen molar-refractivity contribution in [3.63, 3.8) is 0 Å². The van der Waals surface area contributed by atoms with Gasteiger partial charge in [0.25, 0.3) is 0 Å². The molecule has 4 rings (SSSR count). The molecule has 2 aromatic carbocycles. The first-order valence-electron chi connectivity index (χ1n) is 11.1. The highest BCUT2D eigenvalue weighted by molar-refractivity contribution is 5.80. The van der Waals surface area contributed by atoms with Crippen LogP contribution < -0.4 is 0 Å². The highest BCUT2D eigenvalue weighted by atomic mass is 16.5. The Balaban J connectivity index is 1.50. The van der Waals surface area contributed by atoms with Crippen molar-refractivity contribution in [3.05, 3.63) is 78.0 Å². The summed E-state index contributed by atoms with van der Waals surface area (Å²) in [5.41, 5.74) is 3.10. The standard InChI is InChI=1S/C27H32N2O2/c1-26(2)20-27(13-15-31-26,17-21-8-5-4-6-9-21)18-25(30)29(3)19-22-11-12-24-23(16-22)10-7-14-28-24/h4-12,14,16H,13,15,17-20H2,1-3H3. The molecule has 0 bridgehead atoms. The van der Waals surface area contributed by atoms with E-state index in [2.05, 4.69) is 61.3 Å². The zero-order chi connectivity index (χ0) is 21.9. The molecular formula is C27H32N2O2. The average Bonchev–Trinajstić information content (AvgIpc) is 2.73. The van der Waals surface area contributed by atoms with Gasteiger partial charge in [0.1, 0.15) is 0 Å². The number of benzene rings is 2. The van der Waals surface area contributed by atoms with Gasteiger partial charge in [0.15, 0.2) is 0 Å². The SMILES string of the molecule is CN(Cc1ccc2ncccc2c1)C(=O)CC1(Cc2ccccc2)CCOC(C)(C)C1. The summed E-state index contributed by atoms with van der Waals surface area (Å²) in [5.74, 6) is 0.194. The fourth-order valence-electron chi connectivity index (χ4n) is 5.02. The molecule has 2 heterocycles. The van der Waals surface area contributed by atoms with Gasteiger partial charge in [-0.25, -0.2) is 0 Å². The largest absolute Gasteiger partial charge is 0.376 e. The Morgan fingerprint density at radius 3 is 2.65 bits per heavy atom. The van der Waals surface area contributed by atoms with E-state index < -0.39 is 0 Å². The van der Waals surface area contributed by atoms with Crippen LogP contribution in [0.1, 0.15) is 44.2 Å². The smallest absolute Gasteiger partial charge is 0.223 e.